The van der Waals surface area contributed by atoms with Gasteiger partial charge in [-0.15, -0.1) is 0 Å². The van der Waals surface area contributed by atoms with Crippen molar-refractivity contribution in [1.29, 1.82) is 0 Å². The van der Waals surface area contributed by atoms with Gasteiger partial charge < -0.3 is 10.2 Å². The molecule has 1 amide bonds. The van der Waals surface area contributed by atoms with Crippen LogP contribution in [0.15, 0.2) is 54.7 Å². The Bertz CT molecular complexity index is 808. The van der Waals surface area contributed by atoms with Crippen LogP contribution < -0.4 is 5.32 Å². The first-order valence-corrected chi connectivity index (χ1v) is 9.18. The van der Waals surface area contributed by atoms with Crippen LogP contribution in [0.25, 0.3) is 5.57 Å². The van der Waals surface area contributed by atoms with E-state index in [1.807, 2.05) is 18.3 Å². The van der Waals surface area contributed by atoms with E-state index in [0.717, 1.165) is 55.1 Å². The maximum atomic E-state index is 12.3. The van der Waals surface area contributed by atoms with Crippen molar-refractivity contribution in [3.05, 3.63) is 70.9 Å². The summed E-state index contributed by atoms with van der Waals surface area (Å²) in [6, 6.07) is 16.2. The van der Waals surface area contributed by atoms with Crippen LogP contribution in [0, 0.1) is 5.92 Å². The first kappa shape index (κ1) is 16.2. The maximum Gasteiger partial charge on any atom is 0.257 e. The van der Waals surface area contributed by atoms with Gasteiger partial charge in [-0.05, 0) is 48.9 Å². The fourth-order valence-electron chi connectivity index (χ4n) is 3.70. The first-order valence-electron chi connectivity index (χ1n) is 8.80. The number of likely N-dealkylation sites (tertiary alicyclic amines) is 1. The molecule has 1 saturated heterocycles. The van der Waals surface area contributed by atoms with E-state index in [1.165, 1.54) is 5.56 Å². The molecule has 0 atom stereocenters. The maximum absolute atomic E-state index is 12.3. The molecule has 0 aliphatic carbocycles. The summed E-state index contributed by atoms with van der Waals surface area (Å²) in [6.07, 6.45) is 5.46. The smallest absolute Gasteiger partial charge is 0.257 e. The number of amides is 1. The SMILES string of the molecule is O=C1Nc2ccc(Cl)cc2/C1=C\N1CCC(Cc2ccccc2)CC1. The fourth-order valence-corrected chi connectivity index (χ4v) is 3.88. The predicted octanol–water partition coefficient (Wildman–Crippen LogP) is 4.59. The monoisotopic (exact) mass is 352 g/mol. The van der Waals surface area contributed by atoms with Crippen LogP contribution in [-0.4, -0.2) is 23.9 Å². The number of nitrogens with zero attached hydrogens (tertiary/aromatic N) is 1. The van der Waals surface area contributed by atoms with Crippen molar-refractivity contribution in [2.75, 3.05) is 18.4 Å². The quantitative estimate of drug-likeness (QED) is 0.819. The summed E-state index contributed by atoms with van der Waals surface area (Å²) in [5.41, 5.74) is 3.89. The standard InChI is InChI=1S/C21H21ClN2O/c22-17-6-7-20-18(13-17)19(21(25)23-20)14-24-10-8-16(9-11-24)12-15-4-2-1-3-5-15/h1-7,13-14,16H,8-12H2,(H,23,25)/b19-14+. The van der Waals surface area contributed by atoms with Crippen molar-refractivity contribution >= 4 is 28.8 Å². The number of benzene rings is 2. The Balaban J connectivity index is 1.43. The number of halogens is 1. The molecule has 128 valence electrons. The van der Waals surface area contributed by atoms with Gasteiger partial charge in [-0.1, -0.05) is 41.9 Å². The number of piperidine rings is 1. The second-order valence-electron chi connectivity index (χ2n) is 6.86. The second kappa shape index (κ2) is 6.93. The molecule has 0 spiro atoms. The van der Waals surface area contributed by atoms with Crippen molar-refractivity contribution < 1.29 is 4.79 Å². The largest absolute Gasteiger partial charge is 0.377 e. The summed E-state index contributed by atoms with van der Waals surface area (Å²) in [5.74, 6) is 0.680. The molecule has 0 aromatic heterocycles. The van der Waals surface area contributed by atoms with Crippen molar-refractivity contribution in [2.45, 2.75) is 19.3 Å². The molecule has 0 radical (unpaired) electrons. The number of hydrogen-bond acceptors (Lipinski definition) is 2. The zero-order chi connectivity index (χ0) is 17.2. The normalized spacial score (nSPS) is 19.2. The van der Waals surface area contributed by atoms with E-state index in [0.29, 0.717) is 5.02 Å². The molecule has 1 fully saturated rings. The molecule has 25 heavy (non-hydrogen) atoms. The first-order chi connectivity index (χ1) is 12.2. The average Bonchev–Trinajstić information content (AvgIpc) is 2.93. The van der Waals surface area contributed by atoms with Crippen LogP contribution in [0.2, 0.25) is 5.02 Å². The van der Waals surface area contributed by atoms with Crippen molar-refractivity contribution in [2.24, 2.45) is 5.92 Å². The summed E-state index contributed by atoms with van der Waals surface area (Å²) in [6.45, 7) is 1.98. The zero-order valence-electron chi connectivity index (χ0n) is 14.0. The number of carbonyl (C=O) groups excluding carboxylic acids is 1. The van der Waals surface area contributed by atoms with E-state index in [1.54, 1.807) is 6.07 Å². The fraction of sp³-hybridized carbons (Fsp3) is 0.286. The van der Waals surface area contributed by atoms with Crippen LogP contribution in [0.3, 0.4) is 0 Å². The molecule has 2 aliphatic rings. The van der Waals surface area contributed by atoms with Gasteiger partial charge >= 0.3 is 0 Å². The Kier molecular flexibility index (Phi) is 4.50. The Labute approximate surface area is 153 Å². The molecular formula is C21H21ClN2O. The highest BCUT2D eigenvalue weighted by molar-refractivity contribution is 6.34. The highest BCUT2D eigenvalue weighted by Crippen LogP contribution is 2.34. The molecule has 2 aromatic rings. The van der Waals surface area contributed by atoms with E-state index in [-0.39, 0.29) is 5.91 Å². The topological polar surface area (TPSA) is 32.3 Å². The van der Waals surface area contributed by atoms with Crippen molar-refractivity contribution in [3.8, 4) is 0 Å². The van der Waals surface area contributed by atoms with Gasteiger partial charge in [0.1, 0.15) is 0 Å². The lowest BCUT2D eigenvalue weighted by Crippen LogP contribution is -2.31. The highest BCUT2D eigenvalue weighted by Gasteiger charge is 2.26. The molecule has 2 aliphatic heterocycles. The van der Waals surface area contributed by atoms with Crippen LogP contribution in [0.4, 0.5) is 5.69 Å². The molecule has 2 heterocycles. The van der Waals surface area contributed by atoms with Crippen LogP contribution in [0.5, 0.6) is 0 Å². The Hall–Kier alpha value is -2.26. The van der Waals surface area contributed by atoms with E-state index in [9.17, 15) is 4.79 Å². The molecule has 1 N–H and O–H groups in total. The summed E-state index contributed by atoms with van der Waals surface area (Å²) in [4.78, 5) is 14.5. The minimum atomic E-state index is -0.0383. The van der Waals surface area contributed by atoms with E-state index in [4.69, 9.17) is 11.6 Å². The van der Waals surface area contributed by atoms with Crippen LogP contribution >= 0.6 is 11.6 Å². The average molecular weight is 353 g/mol. The third kappa shape index (κ3) is 3.57. The van der Waals surface area contributed by atoms with Gasteiger partial charge in [0.15, 0.2) is 0 Å². The number of nitrogens with one attached hydrogen (secondary N) is 1. The number of anilines is 1. The van der Waals surface area contributed by atoms with E-state index >= 15 is 0 Å². The van der Waals surface area contributed by atoms with Crippen molar-refractivity contribution in [3.63, 3.8) is 0 Å². The van der Waals surface area contributed by atoms with Gasteiger partial charge in [-0.2, -0.15) is 0 Å². The van der Waals surface area contributed by atoms with Crippen LogP contribution in [-0.2, 0) is 11.2 Å². The van der Waals surface area contributed by atoms with E-state index in [2.05, 4.69) is 40.5 Å². The lowest BCUT2D eigenvalue weighted by atomic mass is 9.90. The Morgan fingerprint density at radius 2 is 1.88 bits per heavy atom. The summed E-state index contributed by atoms with van der Waals surface area (Å²) in [7, 11) is 0. The lowest BCUT2D eigenvalue weighted by molar-refractivity contribution is -0.110. The van der Waals surface area contributed by atoms with Gasteiger partial charge in [0.2, 0.25) is 0 Å². The van der Waals surface area contributed by atoms with Crippen molar-refractivity contribution in [1.82, 2.24) is 4.90 Å². The molecule has 4 rings (SSSR count). The number of rotatable bonds is 3. The number of carbonyl (C=O) groups is 1. The number of fused-ring (bicyclic) bond motifs is 1. The third-order valence-electron chi connectivity index (χ3n) is 5.09. The molecule has 0 unspecified atom stereocenters. The lowest BCUT2D eigenvalue weighted by Gasteiger charge is -2.31. The second-order valence-corrected chi connectivity index (χ2v) is 7.29. The summed E-state index contributed by atoms with van der Waals surface area (Å²) in [5, 5.41) is 3.57. The number of hydrogen-bond donors (Lipinski definition) is 1. The van der Waals surface area contributed by atoms with Gasteiger partial charge in [0.25, 0.3) is 5.91 Å². The molecule has 4 heteroatoms. The minimum Gasteiger partial charge on any atom is -0.377 e. The highest BCUT2D eigenvalue weighted by atomic mass is 35.5. The Morgan fingerprint density at radius 1 is 1.12 bits per heavy atom. The predicted molar refractivity (Wildman–Crippen MR) is 103 cm³/mol. The zero-order valence-corrected chi connectivity index (χ0v) is 14.8. The summed E-state index contributed by atoms with van der Waals surface area (Å²) >= 11 is 6.10. The molecular weight excluding hydrogens is 332 g/mol. The van der Waals surface area contributed by atoms with Gasteiger partial charge in [-0.25, -0.2) is 0 Å². The summed E-state index contributed by atoms with van der Waals surface area (Å²) < 4.78 is 0. The van der Waals surface area contributed by atoms with Crippen LogP contribution in [0.1, 0.15) is 24.0 Å². The van der Waals surface area contributed by atoms with E-state index < -0.39 is 0 Å². The van der Waals surface area contributed by atoms with Gasteiger partial charge in [-0.3, -0.25) is 4.79 Å². The molecule has 0 saturated carbocycles. The minimum absolute atomic E-state index is 0.0383. The van der Waals surface area contributed by atoms with Gasteiger partial charge in [0.05, 0.1) is 5.57 Å². The Morgan fingerprint density at radius 3 is 2.64 bits per heavy atom. The molecule has 0 bridgehead atoms. The third-order valence-corrected chi connectivity index (χ3v) is 5.33. The molecule has 3 nitrogen and oxygen atoms in total. The van der Waals surface area contributed by atoms with Gasteiger partial charge in [0, 0.05) is 35.6 Å². The molecule has 2 aromatic carbocycles.